The molecule has 1 aliphatic rings. The maximum atomic E-state index is 5.30. The van der Waals surface area contributed by atoms with E-state index in [1.165, 1.54) is 25.7 Å². The molecule has 2 aromatic heterocycles. The van der Waals surface area contributed by atoms with Gasteiger partial charge in [0, 0.05) is 13.1 Å². The van der Waals surface area contributed by atoms with Gasteiger partial charge in [-0.25, -0.2) is 4.98 Å². The number of nitrogens with zero attached hydrogens (tertiary/aromatic N) is 3. The first kappa shape index (κ1) is 17.5. The summed E-state index contributed by atoms with van der Waals surface area (Å²) in [5, 5.41) is 13.9. The lowest BCUT2D eigenvalue weighted by Gasteiger charge is -2.32. The van der Waals surface area contributed by atoms with Crippen LogP contribution >= 0.6 is 0 Å². The number of guanidine groups is 1. The molecule has 7 nitrogen and oxygen atoms in total. The van der Waals surface area contributed by atoms with Crippen molar-refractivity contribution in [1.82, 2.24) is 25.8 Å². The van der Waals surface area contributed by atoms with Crippen molar-refractivity contribution in [1.29, 1.82) is 0 Å². The van der Waals surface area contributed by atoms with Gasteiger partial charge in [0.15, 0.2) is 11.7 Å². The number of nitrogens with one attached hydrogen (secondary N) is 3. The van der Waals surface area contributed by atoms with Gasteiger partial charge < -0.3 is 15.1 Å². The molecule has 3 N–H and O–H groups in total. The van der Waals surface area contributed by atoms with Crippen molar-refractivity contribution in [2.24, 2.45) is 16.8 Å². The predicted molar refractivity (Wildman–Crippen MR) is 98.0 cm³/mol. The van der Waals surface area contributed by atoms with E-state index in [-0.39, 0.29) is 0 Å². The summed E-state index contributed by atoms with van der Waals surface area (Å²) in [5.41, 5.74) is 0. The molecule has 0 atom stereocenters. The van der Waals surface area contributed by atoms with Gasteiger partial charge >= 0.3 is 0 Å². The molecule has 1 saturated carbocycles. The largest absolute Gasteiger partial charge is 0.461 e. The summed E-state index contributed by atoms with van der Waals surface area (Å²) in [6.45, 7) is 5.19. The van der Waals surface area contributed by atoms with Crippen molar-refractivity contribution >= 4 is 5.96 Å². The number of furan rings is 1. The number of aliphatic imine (C=N–C) groups is 1. The fraction of sp³-hybridized carbons (Fsp3) is 0.611. The minimum Gasteiger partial charge on any atom is -0.461 e. The number of hydrogen-bond donors (Lipinski definition) is 3. The van der Waals surface area contributed by atoms with Gasteiger partial charge in [0.25, 0.3) is 0 Å². The molecule has 0 radical (unpaired) electrons. The second-order valence-electron chi connectivity index (χ2n) is 7.01. The molecule has 0 spiro atoms. The van der Waals surface area contributed by atoms with Crippen molar-refractivity contribution in [3.63, 3.8) is 0 Å². The van der Waals surface area contributed by atoms with Crippen LogP contribution in [0.2, 0.25) is 0 Å². The van der Waals surface area contributed by atoms with E-state index in [4.69, 9.17) is 4.42 Å². The average Bonchev–Trinajstić information content (AvgIpc) is 3.30. The van der Waals surface area contributed by atoms with E-state index < -0.39 is 0 Å². The van der Waals surface area contributed by atoms with Crippen LogP contribution in [0.5, 0.6) is 0 Å². The Balaban J connectivity index is 1.47. The molecular formula is C18H28N6O. The average molecular weight is 344 g/mol. The van der Waals surface area contributed by atoms with Crippen LogP contribution in [0.25, 0.3) is 11.6 Å². The zero-order chi connectivity index (χ0) is 17.6. The lowest BCUT2D eigenvalue weighted by Crippen LogP contribution is -2.44. The smallest absolute Gasteiger partial charge is 0.216 e. The highest BCUT2D eigenvalue weighted by molar-refractivity contribution is 5.79. The monoisotopic (exact) mass is 344 g/mol. The molecule has 0 unspecified atom stereocenters. The van der Waals surface area contributed by atoms with Crippen LogP contribution < -0.4 is 10.6 Å². The van der Waals surface area contributed by atoms with Crippen LogP contribution in [0.3, 0.4) is 0 Å². The first-order valence-electron chi connectivity index (χ1n) is 9.08. The third kappa shape index (κ3) is 4.61. The summed E-state index contributed by atoms with van der Waals surface area (Å²) >= 11 is 0. The van der Waals surface area contributed by atoms with Gasteiger partial charge in [0.05, 0.1) is 12.8 Å². The van der Waals surface area contributed by atoms with Crippen LogP contribution in [0.15, 0.2) is 27.8 Å². The molecule has 0 bridgehead atoms. The Morgan fingerprint density at radius 1 is 1.36 bits per heavy atom. The molecule has 1 fully saturated rings. The molecule has 0 saturated heterocycles. The first-order chi connectivity index (χ1) is 12.2. The summed E-state index contributed by atoms with van der Waals surface area (Å²) in [6.07, 6.45) is 6.61. The third-order valence-corrected chi connectivity index (χ3v) is 4.98. The highest BCUT2D eigenvalue weighted by Crippen LogP contribution is 2.29. The molecule has 3 rings (SSSR count). The second kappa shape index (κ2) is 8.18. The molecule has 0 aliphatic heterocycles. The van der Waals surface area contributed by atoms with Crippen molar-refractivity contribution in [3.8, 4) is 11.6 Å². The predicted octanol–water partition coefficient (Wildman–Crippen LogP) is 2.94. The molecule has 136 valence electrons. The Bertz CT molecular complexity index is 668. The Morgan fingerprint density at radius 2 is 2.16 bits per heavy atom. The summed E-state index contributed by atoms with van der Waals surface area (Å²) in [7, 11) is 1.80. The van der Waals surface area contributed by atoms with Gasteiger partial charge in [-0.1, -0.05) is 13.8 Å². The van der Waals surface area contributed by atoms with E-state index in [0.29, 0.717) is 24.2 Å². The van der Waals surface area contributed by atoms with Gasteiger partial charge in [0.2, 0.25) is 5.82 Å². The Hall–Kier alpha value is -2.31. The van der Waals surface area contributed by atoms with Gasteiger partial charge in [-0.2, -0.15) is 0 Å². The molecule has 0 amide bonds. The molecular weight excluding hydrogens is 316 g/mol. The Kier molecular flexibility index (Phi) is 5.73. The van der Waals surface area contributed by atoms with Crippen LogP contribution in [-0.4, -0.2) is 34.2 Å². The fourth-order valence-corrected chi connectivity index (χ4v) is 3.38. The second-order valence-corrected chi connectivity index (χ2v) is 7.01. The van der Waals surface area contributed by atoms with E-state index in [9.17, 15) is 0 Å². The molecule has 2 heterocycles. The Morgan fingerprint density at radius 3 is 2.80 bits per heavy atom. The zero-order valence-electron chi connectivity index (χ0n) is 15.2. The Labute approximate surface area is 148 Å². The number of hydrogen-bond acceptors (Lipinski definition) is 4. The minimum absolute atomic E-state index is 0.495. The summed E-state index contributed by atoms with van der Waals surface area (Å²) < 4.78 is 5.30. The van der Waals surface area contributed by atoms with Gasteiger partial charge in [0.1, 0.15) is 5.82 Å². The molecule has 7 heteroatoms. The minimum atomic E-state index is 0.495. The van der Waals surface area contributed by atoms with E-state index in [2.05, 4.69) is 44.7 Å². The van der Waals surface area contributed by atoms with E-state index >= 15 is 0 Å². The van der Waals surface area contributed by atoms with Gasteiger partial charge in [-0.15, -0.1) is 5.10 Å². The van der Waals surface area contributed by atoms with Crippen molar-refractivity contribution in [3.05, 3.63) is 24.2 Å². The van der Waals surface area contributed by atoms with Gasteiger partial charge in [-0.3, -0.25) is 10.1 Å². The topological polar surface area (TPSA) is 91.1 Å². The SMILES string of the molecule is CN=C(NCc1nc(-c2ccco2)n[nH]1)NC1CCC(C(C)C)CC1. The van der Waals surface area contributed by atoms with Crippen LogP contribution in [0.4, 0.5) is 0 Å². The number of H-pyrrole nitrogens is 1. The standard InChI is InChI=1S/C18H28N6O/c1-12(2)13-6-8-14(9-7-13)21-18(19-3)20-11-16-22-17(24-23-16)15-5-4-10-25-15/h4-5,10,12-14H,6-9,11H2,1-3H3,(H2,19,20,21)(H,22,23,24). The summed E-state index contributed by atoms with van der Waals surface area (Å²) in [5.74, 6) is 4.43. The lowest BCUT2D eigenvalue weighted by molar-refractivity contribution is 0.250. The van der Waals surface area contributed by atoms with Crippen LogP contribution in [0.1, 0.15) is 45.4 Å². The highest BCUT2D eigenvalue weighted by atomic mass is 16.3. The van der Waals surface area contributed by atoms with E-state index in [0.717, 1.165) is 23.6 Å². The van der Waals surface area contributed by atoms with E-state index in [1.54, 1.807) is 13.3 Å². The zero-order valence-corrected chi connectivity index (χ0v) is 15.2. The number of aromatic amines is 1. The van der Waals surface area contributed by atoms with Gasteiger partial charge in [-0.05, 0) is 49.7 Å². The normalized spacial score (nSPS) is 21.5. The van der Waals surface area contributed by atoms with Crippen molar-refractivity contribution in [2.45, 2.75) is 52.1 Å². The fourth-order valence-electron chi connectivity index (χ4n) is 3.38. The third-order valence-electron chi connectivity index (χ3n) is 4.98. The molecule has 2 aromatic rings. The highest BCUT2D eigenvalue weighted by Gasteiger charge is 2.23. The summed E-state index contributed by atoms with van der Waals surface area (Å²) in [4.78, 5) is 8.75. The molecule has 1 aliphatic carbocycles. The molecule has 25 heavy (non-hydrogen) atoms. The van der Waals surface area contributed by atoms with E-state index in [1.807, 2.05) is 12.1 Å². The molecule has 0 aromatic carbocycles. The van der Waals surface area contributed by atoms with Crippen LogP contribution in [-0.2, 0) is 6.54 Å². The quantitative estimate of drug-likeness (QED) is 0.573. The van der Waals surface area contributed by atoms with Crippen molar-refractivity contribution in [2.75, 3.05) is 7.05 Å². The number of rotatable bonds is 5. The maximum absolute atomic E-state index is 5.30. The van der Waals surface area contributed by atoms with Crippen LogP contribution in [0, 0.1) is 11.8 Å². The lowest BCUT2D eigenvalue weighted by atomic mass is 9.80. The maximum Gasteiger partial charge on any atom is 0.216 e. The first-order valence-corrected chi connectivity index (χ1v) is 9.08. The van der Waals surface area contributed by atoms with Crippen molar-refractivity contribution < 1.29 is 4.42 Å². The summed E-state index contributed by atoms with van der Waals surface area (Å²) in [6, 6.07) is 4.16. The number of aromatic nitrogens is 3.